The first-order valence-electron chi connectivity index (χ1n) is 10.3. The van der Waals surface area contributed by atoms with Crippen LogP contribution in [0.5, 0.6) is 0 Å². The van der Waals surface area contributed by atoms with E-state index in [-0.39, 0.29) is 17.9 Å². The van der Waals surface area contributed by atoms with Crippen LogP contribution in [0.2, 0.25) is 0 Å². The van der Waals surface area contributed by atoms with E-state index < -0.39 is 0 Å². The number of nitrogens with one attached hydrogen (secondary N) is 1. The van der Waals surface area contributed by atoms with Gasteiger partial charge in [0, 0.05) is 41.7 Å². The number of nitrogens with zero attached hydrogens (tertiary/aromatic N) is 3. The van der Waals surface area contributed by atoms with Gasteiger partial charge in [0.1, 0.15) is 0 Å². The predicted molar refractivity (Wildman–Crippen MR) is 120 cm³/mol. The third kappa shape index (κ3) is 4.58. The number of piperidine rings is 1. The van der Waals surface area contributed by atoms with E-state index in [4.69, 9.17) is 9.97 Å². The van der Waals surface area contributed by atoms with Crippen molar-refractivity contribution in [1.82, 2.24) is 15.3 Å². The first kappa shape index (κ1) is 19.8. The summed E-state index contributed by atoms with van der Waals surface area (Å²) >= 11 is 1.74. The van der Waals surface area contributed by atoms with Gasteiger partial charge in [-0.1, -0.05) is 18.2 Å². The number of carbonyl (C=O) groups excluding carboxylic acids is 1. The Balaban J connectivity index is 1.36. The lowest BCUT2D eigenvalue weighted by molar-refractivity contribution is -0.126. The van der Waals surface area contributed by atoms with Crippen LogP contribution in [0.1, 0.15) is 35.9 Å². The zero-order valence-corrected chi connectivity index (χ0v) is 18.1. The number of aryl methyl sites for hydroxylation is 2. The van der Waals surface area contributed by atoms with Crippen molar-refractivity contribution >= 4 is 34.1 Å². The van der Waals surface area contributed by atoms with E-state index in [9.17, 15) is 4.79 Å². The molecule has 1 unspecified atom stereocenters. The van der Waals surface area contributed by atoms with Crippen LogP contribution in [0.15, 0.2) is 35.7 Å². The maximum Gasteiger partial charge on any atom is 0.226 e. The minimum absolute atomic E-state index is 0.0702. The number of hydrogen-bond acceptors (Lipinski definition) is 5. The molecule has 0 aliphatic carbocycles. The van der Waals surface area contributed by atoms with Crippen molar-refractivity contribution in [3.05, 3.63) is 51.8 Å². The van der Waals surface area contributed by atoms with Crippen molar-refractivity contribution in [2.45, 2.75) is 46.1 Å². The molecule has 1 aliphatic heterocycles. The molecular formula is C23H28N4OS. The summed E-state index contributed by atoms with van der Waals surface area (Å²) in [4.78, 5) is 25.7. The number of aromatic nitrogens is 2. The Hall–Kier alpha value is -2.47. The highest BCUT2D eigenvalue weighted by Gasteiger charge is 2.27. The summed E-state index contributed by atoms with van der Waals surface area (Å²) in [7, 11) is 0. The zero-order valence-electron chi connectivity index (χ0n) is 17.3. The monoisotopic (exact) mass is 408 g/mol. The van der Waals surface area contributed by atoms with Gasteiger partial charge in [-0.25, -0.2) is 9.97 Å². The lowest BCUT2D eigenvalue weighted by atomic mass is 9.95. The molecule has 29 heavy (non-hydrogen) atoms. The van der Waals surface area contributed by atoms with Gasteiger partial charge in [0.25, 0.3) is 0 Å². The fourth-order valence-electron chi connectivity index (χ4n) is 4.01. The van der Waals surface area contributed by atoms with Crippen molar-refractivity contribution in [1.29, 1.82) is 0 Å². The van der Waals surface area contributed by atoms with Crippen molar-refractivity contribution in [2.24, 2.45) is 5.92 Å². The first-order valence-corrected chi connectivity index (χ1v) is 11.2. The molecule has 1 N–H and O–H groups in total. The molecule has 0 bridgehead atoms. The lowest BCUT2D eigenvalue weighted by Crippen LogP contribution is -2.44. The molecule has 1 atom stereocenters. The quantitative estimate of drug-likeness (QED) is 0.685. The van der Waals surface area contributed by atoms with Gasteiger partial charge < -0.3 is 10.2 Å². The van der Waals surface area contributed by atoms with E-state index in [1.807, 2.05) is 6.92 Å². The fraction of sp³-hybridized carbons (Fsp3) is 0.435. The summed E-state index contributed by atoms with van der Waals surface area (Å²) in [6.45, 7) is 7.83. The van der Waals surface area contributed by atoms with Crippen LogP contribution in [-0.2, 0) is 11.2 Å². The lowest BCUT2D eigenvalue weighted by Gasteiger charge is -2.32. The topological polar surface area (TPSA) is 58.1 Å². The Morgan fingerprint density at radius 1 is 1.24 bits per heavy atom. The van der Waals surface area contributed by atoms with Crippen LogP contribution in [0.25, 0.3) is 10.9 Å². The van der Waals surface area contributed by atoms with E-state index in [1.54, 1.807) is 11.3 Å². The number of fused-ring (bicyclic) bond motifs is 1. The molecule has 152 valence electrons. The molecule has 0 saturated carbocycles. The second-order valence-electron chi connectivity index (χ2n) is 8.08. The van der Waals surface area contributed by atoms with Crippen molar-refractivity contribution in [3.63, 3.8) is 0 Å². The Bertz CT molecular complexity index is 994. The van der Waals surface area contributed by atoms with Gasteiger partial charge >= 0.3 is 0 Å². The summed E-state index contributed by atoms with van der Waals surface area (Å²) in [6, 6.07) is 10.7. The summed E-state index contributed by atoms with van der Waals surface area (Å²) in [5.74, 6) is 1.03. The Labute approximate surface area is 176 Å². The highest BCUT2D eigenvalue weighted by molar-refractivity contribution is 7.09. The number of carbonyl (C=O) groups is 1. The highest BCUT2D eigenvalue weighted by Crippen LogP contribution is 2.25. The molecule has 1 aromatic carbocycles. The fourth-order valence-corrected chi connectivity index (χ4v) is 4.84. The molecule has 6 heteroatoms. The molecule has 2 aromatic heterocycles. The first-order chi connectivity index (χ1) is 14.0. The summed E-state index contributed by atoms with van der Waals surface area (Å²) in [5, 5.41) is 6.39. The third-order valence-electron chi connectivity index (χ3n) is 5.66. The molecule has 5 nitrogen and oxygen atoms in total. The van der Waals surface area contributed by atoms with Crippen molar-refractivity contribution < 1.29 is 4.79 Å². The van der Waals surface area contributed by atoms with Gasteiger partial charge in [0.15, 0.2) is 0 Å². The number of hydrogen-bond donors (Lipinski definition) is 1. The molecule has 0 radical (unpaired) electrons. The van der Waals surface area contributed by atoms with Gasteiger partial charge in [-0.15, -0.1) is 11.3 Å². The maximum atomic E-state index is 12.7. The van der Waals surface area contributed by atoms with Gasteiger partial charge in [-0.05, 0) is 56.7 Å². The number of rotatable bonds is 5. The smallest absolute Gasteiger partial charge is 0.226 e. The highest BCUT2D eigenvalue weighted by atomic mass is 32.1. The number of anilines is 1. The maximum absolute atomic E-state index is 12.7. The Kier molecular flexibility index (Phi) is 5.81. The molecular weight excluding hydrogens is 380 g/mol. The zero-order chi connectivity index (χ0) is 20.4. The molecule has 1 fully saturated rings. The van der Waals surface area contributed by atoms with Crippen LogP contribution in [0, 0.1) is 19.8 Å². The van der Waals surface area contributed by atoms with Gasteiger partial charge in [0.2, 0.25) is 11.9 Å². The van der Waals surface area contributed by atoms with Crippen molar-refractivity contribution in [2.75, 3.05) is 18.0 Å². The summed E-state index contributed by atoms with van der Waals surface area (Å²) < 4.78 is 0. The number of thiophene rings is 1. The molecule has 3 heterocycles. The Morgan fingerprint density at radius 2 is 2.03 bits per heavy atom. The largest absolute Gasteiger partial charge is 0.353 e. The summed E-state index contributed by atoms with van der Waals surface area (Å²) in [6.07, 6.45) is 2.57. The van der Waals surface area contributed by atoms with Gasteiger partial charge in [-0.3, -0.25) is 4.79 Å². The summed E-state index contributed by atoms with van der Waals surface area (Å²) in [5.41, 5.74) is 3.20. The van der Waals surface area contributed by atoms with E-state index in [1.165, 1.54) is 10.4 Å². The van der Waals surface area contributed by atoms with E-state index in [0.717, 1.165) is 54.9 Å². The van der Waals surface area contributed by atoms with Crippen LogP contribution in [0.3, 0.4) is 0 Å². The van der Waals surface area contributed by atoms with Gasteiger partial charge in [-0.2, -0.15) is 0 Å². The average Bonchev–Trinajstić information content (AvgIpc) is 3.20. The Morgan fingerprint density at radius 3 is 2.76 bits per heavy atom. The van der Waals surface area contributed by atoms with Crippen LogP contribution in [-0.4, -0.2) is 35.0 Å². The normalized spacial score (nSPS) is 16.2. The molecule has 3 aromatic rings. The standard InChI is InChI=1S/C23H28N4OS/c1-15-6-7-20-17(3)25-23(26-21(20)13-15)27-10-8-18(9-11-27)22(28)24-16(2)14-19-5-4-12-29-19/h4-7,12-13,16,18H,8-11,14H2,1-3H3,(H,24,28). The molecule has 1 amide bonds. The van der Waals surface area contributed by atoms with Crippen molar-refractivity contribution in [3.8, 4) is 0 Å². The van der Waals surface area contributed by atoms with Crippen LogP contribution >= 0.6 is 11.3 Å². The second kappa shape index (κ2) is 8.49. The van der Waals surface area contributed by atoms with E-state index in [0.29, 0.717) is 0 Å². The van der Waals surface area contributed by atoms with Gasteiger partial charge in [0.05, 0.1) is 11.2 Å². The van der Waals surface area contributed by atoms with E-state index >= 15 is 0 Å². The SMILES string of the molecule is Cc1ccc2c(C)nc(N3CCC(C(=O)NC(C)Cc4cccs4)CC3)nc2c1. The van der Waals surface area contributed by atoms with Crippen LogP contribution < -0.4 is 10.2 Å². The molecule has 0 spiro atoms. The molecule has 4 rings (SSSR count). The van der Waals surface area contributed by atoms with E-state index in [2.05, 4.69) is 59.8 Å². The average molecular weight is 409 g/mol. The van der Waals surface area contributed by atoms with Crippen LogP contribution in [0.4, 0.5) is 5.95 Å². The number of amides is 1. The predicted octanol–water partition coefficient (Wildman–Crippen LogP) is 4.27. The molecule has 1 saturated heterocycles. The third-order valence-corrected chi connectivity index (χ3v) is 6.55. The minimum atomic E-state index is 0.0702. The molecule has 1 aliphatic rings. The number of benzene rings is 1. The second-order valence-corrected chi connectivity index (χ2v) is 9.12. The minimum Gasteiger partial charge on any atom is -0.353 e.